The maximum absolute atomic E-state index is 12.5. The largest absolute Gasteiger partial charge is 0.464 e. The van der Waals surface area contributed by atoms with Crippen molar-refractivity contribution in [1.82, 2.24) is 9.97 Å². The highest BCUT2D eigenvalue weighted by atomic mass is 35.5. The number of fused-ring (bicyclic) bond motifs is 1. The van der Waals surface area contributed by atoms with E-state index in [1.165, 1.54) is 6.07 Å². The summed E-state index contributed by atoms with van der Waals surface area (Å²) in [4.78, 5) is 32.0. The Morgan fingerprint density at radius 2 is 1.87 bits per heavy atom. The number of halogens is 1. The summed E-state index contributed by atoms with van der Waals surface area (Å²) in [5.74, 6) is 1.16. The fourth-order valence-electron chi connectivity index (χ4n) is 3.06. The second-order valence-corrected chi connectivity index (χ2v) is 6.93. The molecule has 0 saturated carbocycles. The summed E-state index contributed by atoms with van der Waals surface area (Å²) in [6.07, 6.45) is 0.694. The summed E-state index contributed by atoms with van der Waals surface area (Å²) < 4.78 is 11.1. The molecule has 31 heavy (non-hydrogen) atoms. The number of pyridine rings is 1. The van der Waals surface area contributed by atoms with Crippen molar-refractivity contribution in [3.8, 4) is 17.2 Å². The number of nitrogens with one attached hydrogen (secondary N) is 1. The molecule has 2 aromatic carbocycles. The highest BCUT2D eigenvalue weighted by molar-refractivity contribution is 6.36. The highest BCUT2D eigenvalue weighted by Gasteiger charge is 2.27. The van der Waals surface area contributed by atoms with E-state index >= 15 is 0 Å². The van der Waals surface area contributed by atoms with Gasteiger partial charge < -0.3 is 19.6 Å². The average Bonchev–Trinajstić information content (AvgIpc) is 3.12. The van der Waals surface area contributed by atoms with Crippen molar-refractivity contribution >= 4 is 40.5 Å². The zero-order chi connectivity index (χ0) is 22.0. The molecule has 2 aromatic heterocycles. The number of anilines is 1. The van der Waals surface area contributed by atoms with Gasteiger partial charge in [0, 0.05) is 12.4 Å². The summed E-state index contributed by atoms with van der Waals surface area (Å²) in [7, 11) is 0. The first-order valence-electron chi connectivity index (χ1n) is 9.14. The summed E-state index contributed by atoms with van der Waals surface area (Å²) in [6.45, 7) is 1.67. The molecule has 0 atom stereocenters. The van der Waals surface area contributed by atoms with E-state index in [1.54, 1.807) is 67.8 Å². The number of aryl methyl sites for hydroxylation is 1. The van der Waals surface area contributed by atoms with E-state index in [9.17, 15) is 14.7 Å². The third-order valence-electron chi connectivity index (χ3n) is 4.45. The molecule has 4 aromatic rings. The Bertz CT molecular complexity index is 1270. The quantitative estimate of drug-likeness (QED) is 0.405. The number of rotatable bonds is 4. The minimum absolute atomic E-state index is 0.153. The number of para-hydroxylation sites is 1. The molecular weight excluding hydrogens is 422 g/mol. The van der Waals surface area contributed by atoms with Crippen LogP contribution in [0.5, 0.6) is 17.2 Å². The van der Waals surface area contributed by atoms with Gasteiger partial charge in [0.1, 0.15) is 22.9 Å². The number of aromatic amines is 1. The zero-order valence-corrected chi connectivity index (χ0v) is 17.0. The maximum atomic E-state index is 12.5. The Hall–Kier alpha value is -4.04. The van der Waals surface area contributed by atoms with Gasteiger partial charge in [0.15, 0.2) is 0 Å². The number of amides is 2. The minimum Gasteiger partial charge on any atom is -0.464 e. The Morgan fingerprint density at radius 1 is 1.10 bits per heavy atom. The number of hydrogen-bond donors (Lipinski definition) is 2. The van der Waals surface area contributed by atoms with Crippen molar-refractivity contribution < 1.29 is 24.2 Å². The van der Waals surface area contributed by atoms with Crippen LogP contribution in [0.4, 0.5) is 15.3 Å². The van der Waals surface area contributed by atoms with Gasteiger partial charge in [-0.1, -0.05) is 29.8 Å². The molecule has 4 rings (SSSR count). The number of carboxylic acid groups (broad SMARTS) is 1. The van der Waals surface area contributed by atoms with Crippen molar-refractivity contribution in [2.24, 2.45) is 0 Å². The van der Waals surface area contributed by atoms with Crippen LogP contribution in [0, 0.1) is 6.92 Å². The van der Waals surface area contributed by atoms with Gasteiger partial charge in [-0.05, 0) is 48.9 Å². The third-order valence-corrected chi connectivity index (χ3v) is 4.74. The van der Waals surface area contributed by atoms with Gasteiger partial charge in [-0.2, -0.15) is 4.90 Å². The van der Waals surface area contributed by atoms with Crippen molar-refractivity contribution in [3.63, 3.8) is 0 Å². The number of imide groups is 1. The molecule has 0 aliphatic heterocycles. The molecule has 2 heterocycles. The third kappa shape index (κ3) is 4.15. The number of ether oxygens (including phenoxy) is 2. The summed E-state index contributed by atoms with van der Waals surface area (Å²) in [6, 6.07) is 14.6. The fraction of sp³-hybridized carbons (Fsp3) is 0.0455. The van der Waals surface area contributed by atoms with Crippen molar-refractivity contribution in [3.05, 3.63) is 77.6 Å². The monoisotopic (exact) mass is 437 g/mol. The zero-order valence-electron chi connectivity index (χ0n) is 16.2. The molecule has 2 amide bonds. The SMILES string of the molecule is Cc1cc(Oc2ccnc3[nH]cc(Cl)c23)ccc1N(C(=O)O)C(=O)Oc1ccccc1. The molecule has 156 valence electrons. The first kappa shape index (κ1) is 20.2. The van der Waals surface area contributed by atoms with E-state index in [0.29, 0.717) is 38.0 Å². The van der Waals surface area contributed by atoms with Crippen LogP contribution in [0.15, 0.2) is 67.0 Å². The van der Waals surface area contributed by atoms with Crippen LogP contribution in [0.3, 0.4) is 0 Å². The van der Waals surface area contributed by atoms with Gasteiger partial charge in [-0.25, -0.2) is 14.6 Å². The molecule has 0 spiro atoms. The molecule has 2 N–H and O–H groups in total. The van der Waals surface area contributed by atoms with Gasteiger partial charge >= 0.3 is 12.2 Å². The van der Waals surface area contributed by atoms with E-state index in [4.69, 9.17) is 21.1 Å². The summed E-state index contributed by atoms with van der Waals surface area (Å²) >= 11 is 6.20. The maximum Gasteiger partial charge on any atom is 0.429 e. The van der Waals surface area contributed by atoms with Crippen LogP contribution in [0.1, 0.15) is 5.56 Å². The molecule has 8 nitrogen and oxygen atoms in total. The minimum atomic E-state index is -1.47. The number of benzene rings is 2. The highest BCUT2D eigenvalue weighted by Crippen LogP contribution is 2.35. The molecule has 0 bridgehead atoms. The standard InChI is InChI=1S/C22H16ClN3O5/c1-13-11-15(30-18-9-10-24-20-19(18)16(23)12-25-20)7-8-17(13)26(21(27)28)22(29)31-14-5-3-2-4-6-14/h2-12H,1H3,(H,24,25)(H,27,28). The lowest BCUT2D eigenvalue weighted by Gasteiger charge is -2.19. The molecule has 0 fully saturated rings. The van der Waals surface area contributed by atoms with Crippen molar-refractivity contribution in [2.75, 3.05) is 4.90 Å². The second kappa shape index (κ2) is 8.37. The molecule has 0 aliphatic carbocycles. The van der Waals surface area contributed by atoms with Crippen LogP contribution in [-0.2, 0) is 0 Å². The number of hydrogen-bond acceptors (Lipinski definition) is 5. The lowest BCUT2D eigenvalue weighted by Crippen LogP contribution is -2.38. The predicted molar refractivity (Wildman–Crippen MR) is 115 cm³/mol. The fourth-order valence-corrected chi connectivity index (χ4v) is 3.29. The number of nitrogens with zero attached hydrogens (tertiary/aromatic N) is 2. The number of aromatic nitrogens is 2. The predicted octanol–water partition coefficient (Wildman–Crippen LogP) is 6.00. The second-order valence-electron chi connectivity index (χ2n) is 6.52. The van der Waals surface area contributed by atoms with Crippen molar-refractivity contribution in [1.29, 1.82) is 0 Å². The molecular formula is C22H16ClN3O5. The van der Waals surface area contributed by atoms with E-state index in [1.807, 2.05) is 0 Å². The number of H-pyrrole nitrogens is 1. The van der Waals surface area contributed by atoms with Gasteiger partial charge in [-0.3, -0.25) is 0 Å². The first-order chi connectivity index (χ1) is 14.9. The number of carbonyl (C=O) groups is 2. The van der Waals surface area contributed by atoms with Crippen LogP contribution in [0.2, 0.25) is 5.02 Å². The molecule has 9 heteroatoms. The first-order valence-corrected chi connectivity index (χ1v) is 9.52. The van der Waals surface area contributed by atoms with Gasteiger partial charge in [-0.15, -0.1) is 0 Å². The normalized spacial score (nSPS) is 10.6. The Balaban J connectivity index is 1.61. The molecule has 0 radical (unpaired) electrons. The van der Waals surface area contributed by atoms with Crippen LogP contribution in [-0.4, -0.2) is 27.3 Å². The smallest absolute Gasteiger partial charge is 0.429 e. The van der Waals surface area contributed by atoms with Gasteiger partial charge in [0.25, 0.3) is 0 Å². The number of carbonyl (C=O) groups excluding carboxylic acids is 1. The average molecular weight is 438 g/mol. The van der Waals surface area contributed by atoms with Crippen LogP contribution < -0.4 is 14.4 Å². The molecule has 0 saturated heterocycles. The topological polar surface area (TPSA) is 105 Å². The van der Waals surface area contributed by atoms with E-state index in [-0.39, 0.29) is 11.4 Å². The van der Waals surface area contributed by atoms with E-state index in [0.717, 1.165) is 0 Å². The Morgan fingerprint density at radius 3 is 2.58 bits per heavy atom. The summed E-state index contributed by atoms with van der Waals surface area (Å²) in [5, 5.41) is 10.7. The summed E-state index contributed by atoms with van der Waals surface area (Å²) in [5.41, 5.74) is 1.23. The van der Waals surface area contributed by atoms with Crippen LogP contribution in [0.25, 0.3) is 11.0 Å². The van der Waals surface area contributed by atoms with E-state index < -0.39 is 12.2 Å². The van der Waals surface area contributed by atoms with Crippen LogP contribution >= 0.6 is 11.6 Å². The Kier molecular flexibility index (Phi) is 5.46. The van der Waals surface area contributed by atoms with Crippen molar-refractivity contribution in [2.45, 2.75) is 6.92 Å². The lowest BCUT2D eigenvalue weighted by atomic mass is 10.1. The van der Waals surface area contributed by atoms with Gasteiger partial charge in [0.2, 0.25) is 0 Å². The molecule has 0 aliphatic rings. The van der Waals surface area contributed by atoms with E-state index in [2.05, 4.69) is 9.97 Å². The Labute approximate surface area is 181 Å². The van der Waals surface area contributed by atoms with Gasteiger partial charge in [0.05, 0.1) is 16.1 Å². The molecule has 0 unspecified atom stereocenters. The lowest BCUT2D eigenvalue weighted by molar-refractivity contribution is 0.187.